The van der Waals surface area contributed by atoms with Crippen LogP contribution in [0, 0.1) is 5.92 Å². The molecule has 0 aliphatic carbocycles. The Kier molecular flexibility index (Phi) is 16.0. The van der Waals surface area contributed by atoms with Gasteiger partial charge in [-0.25, -0.2) is 0 Å². The van der Waals surface area contributed by atoms with E-state index in [1.165, 1.54) is 64.2 Å². The van der Waals surface area contributed by atoms with Crippen LogP contribution < -0.4 is 5.32 Å². The molecule has 0 rings (SSSR count). The molecule has 0 bridgehead atoms. The monoisotopic (exact) mass is 341 g/mol. The number of amides is 1. The summed E-state index contributed by atoms with van der Waals surface area (Å²) in [7, 11) is 0. The van der Waals surface area contributed by atoms with Crippen molar-refractivity contribution in [1.82, 2.24) is 5.32 Å². The molecule has 142 valence electrons. The van der Waals surface area contributed by atoms with Gasteiger partial charge in [0, 0.05) is 13.0 Å². The first-order valence-corrected chi connectivity index (χ1v) is 10.1. The van der Waals surface area contributed by atoms with Gasteiger partial charge in [0.1, 0.15) is 0 Å². The van der Waals surface area contributed by atoms with Crippen molar-refractivity contribution in [3.63, 3.8) is 0 Å². The minimum absolute atomic E-state index is 0.112. The molecule has 0 aromatic rings. The highest BCUT2D eigenvalue weighted by Crippen LogP contribution is 2.16. The molecule has 0 spiro atoms. The van der Waals surface area contributed by atoms with E-state index in [0.29, 0.717) is 13.0 Å². The Hall–Kier alpha value is -1.06. The fraction of sp³-hybridized carbons (Fsp3) is 0.900. The third kappa shape index (κ3) is 14.5. The second kappa shape index (κ2) is 16.8. The summed E-state index contributed by atoms with van der Waals surface area (Å²) in [5.74, 6) is -1.52. The van der Waals surface area contributed by atoms with Crippen molar-refractivity contribution in [2.45, 2.75) is 104 Å². The summed E-state index contributed by atoms with van der Waals surface area (Å²) in [5.41, 5.74) is 0. The Labute approximate surface area is 148 Å². The molecule has 1 unspecified atom stereocenters. The van der Waals surface area contributed by atoms with Crippen molar-refractivity contribution < 1.29 is 14.7 Å². The van der Waals surface area contributed by atoms with Crippen LogP contribution in [-0.4, -0.2) is 23.5 Å². The molecule has 1 atom stereocenters. The van der Waals surface area contributed by atoms with Gasteiger partial charge in [-0.3, -0.25) is 9.59 Å². The van der Waals surface area contributed by atoms with Gasteiger partial charge in [-0.2, -0.15) is 0 Å². The summed E-state index contributed by atoms with van der Waals surface area (Å²) in [4.78, 5) is 22.7. The van der Waals surface area contributed by atoms with Crippen LogP contribution in [0.5, 0.6) is 0 Å². The standard InChI is InChI=1S/C20H39NO3/c1-3-5-6-7-8-9-10-11-12-13-14-15-16-18(20(23)24)17-19(22)21-4-2/h18H,3-17H2,1-2H3,(H,21,22)(H,23,24). The van der Waals surface area contributed by atoms with E-state index in [1.54, 1.807) is 0 Å². The molecule has 0 heterocycles. The highest BCUT2D eigenvalue weighted by Gasteiger charge is 2.20. The molecule has 4 nitrogen and oxygen atoms in total. The second-order valence-corrected chi connectivity index (χ2v) is 6.87. The molecule has 1 amide bonds. The maximum Gasteiger partial charge on any atom is 0.307 e. The number of rotatable bonds is 17. The first kappa shape index (κ1) is 22.9. The summed E-state index contributed by atoms with van der Waals surface area (Å²) in [6.07, 6.45) is 16.0. The van der Waals surface area contributed by atoms with Crippen molar-refractivity contribution in [3.8, 4) is 0 Å². The highest BCUT2D eigenvalue weighted by molar-refractivity contribution is 5.82. The molecular formula is C20H39NO3. The van der Waals surface area contributed by atoms with Crippen LogP contribution in [0.15, 0.2) is 0 Å². The fourth-order valence-corrected chi connectivity index (χ4v) is 3.04. The second-order valence-electron chi connectivity index (χ2n) is 6.87. The van der Waals surface area contributed by atoms with Gasteiger partial charge in [-0.15, -0.1) is 0 Å². The summed E-state index contributed by atoms with van der Waals surface area (Å²) in [5, 5.41) is 11.9. The van der Waals surface area contributed by atoms with Gasteiger partial charge in [0.25, 0.3) is 0 Å². The van der Waals surface area contributed by atoms with Crippen LogP contribution in [0.3, 0.4) is 0 Å². The largest absolute Gasteiger partial charge is 0.481 e. The van der Waals surface area contributed by atoms with Crippen LogP contribution in [0.25, 0.3) is 0 Å². The lowest BCUT2D eigenvalue weighted by Crippen LogP contribution is -2.28. The van der Waals surface area contributed by atoms with E-state index in [1.807, 2.05) is 6.92 Å². The number of unbranched alkanes of at least 4 members (excludes halogenated alkanes) is 11. The third-order valence-corrected chi connectivity index (χ3v) is 4.56. The molecule has 0 saturated heterocycles. The van der Waals surface area contributed by atoms with E-state index in [2.05, 4.69) is 12.2 Å². The number of carboxylic acid groups (broad SMARTS) is 1. The van der Waals surface area contributed by atoms with Crippen LogP contribution in [0.2, 0.25) is 0 Å². The minimum Gasteiger partial charge on any atom is -0.481 e. The molecule has 0 fully saturated rings. The normalized spacial score (nSPS) is 12.1. The topological polar surface area (TPSA) is 66.4 Å². The molecular weight excluding hydrogens is 302 g/mol. The molecule has 0 aliphatic rings. The van der Waals surface area contributed by atoms with E-state index >= 15 is 0 Å². The van der Waals surface area contributed by atoms with Crippen molar-refractivity contribution in [3.05, 3.63) is 0 Å². The summed E-state index contributed by atoms with van der Waals surface area (Å²) in [6, 6.07) is 0. The van der Waals surface area contributed by atoms with Gasteiger partial charge >= 0.3 is 5.97 Å². The third-order valence-electron chi connectivity index (χ3n) is 4.56. The van der Waals surface area contributed by atoms with E-state index in [4.69, 9.17) is 0 Å². The van der Waals surface area contributed by atoms with Gasteiger partial charge < -0.3 is 10.4 Å². The number of aliphatic carboxylic acids is 1. The smallest absolute Gasteiger partial charge is 0.307 e. The quantitative estimate of drug-likeness (QED) is 0.353. The van der Waals surface area contributed by atoms with Crippen molar-refractivity contribution in [1.29, 1.82) is 0 Å². The van der Waals surface area contributed by atoms with E-state index in [-0.39, 0.29) is 12.3 Å². The number of hydrogen-bond donors (Lipinski definition) is 2. The van der Waals surface area contributed by atoms with Gasteiger partial charge in [0.2, 0.25) is 5.91 Å². The average Bonchev–Trinajstić information content (AvgIpc) is 2.54. The maximum atomic E-state index is 11.5. The van der Waals surface area contributed by atoms with Gasteiger partial charge in [0.15, 0.2) is 0 Å². The first-order valence-electron chi connectivity index (χ1n) is 10.1. The van der Waals surface area contributed by atoms with Crippen molar-refractivity contribution >= 4 is 11.9 Å². The Bertz CT molecular complexity index is 318. The van der Waals surface area contributed by atoms with Crippen LogP contribution in [-0.2, 0) is 9.59 Å². The van der Waals surface area contributed by atoms with Crippen molar-refractivity contribution in [2.75, 3.05) is 6.54 Å². The lowest BCUT2D eigenvalue weighted by molar-refractivity contribution is -0.144. The van der Waals surface area contributed by atoms with Crippen molar-refractivity contribution in [2.24, 2.45) is 5.92 Å². The van der Waals surface area contributed by atoms with Crippen LogP contribution in [0.1, 0.15) is 104 Å². The molecule has 24 heavy (non-hydrogen) atoms. The predicted molar refractivity (Wildman–Crippen MR) is 100 cm³/mol. The van der Waals surface area contributed by atoms with E-state index in [9.17, 15) is 14.7 Å². The van der Waals surface area contributed by atoms with E-state index < -0.39 is 11.9 Å². The summed E-state index contributed by atoms with van der Waals surface area (Å²) < 4.78 is 0. The Morgan fingerprint density at radius 1 is 0.792 bits per heavy atom. The summed E-state index contributed by atoms with van der Waals surface area (Å²) >= 11 is 0. The average molecular weight is 342 g/mol. The molecule has 0 aromatic carbocycles. The van der Waals surface area contributed by atoms with Gasteiger partial charge in [-0.05, 0) is 13.3 Å². The number of carbonyl (C=O) groups is 2. The Morgan fingerprint density at radius 2 is 1.25 bits per heavy atom. The number of carboxylic acids is 1. The molecule has 4 heteroatoms. The molecule has 0 aromatic heterocycles. The minimum atomic E-state index is -0.843. The highest BCUT2D eigenvalue weighted by atomic mass is 16.4. The van der Waals surface area contributed by atoms with Crippen LogP contribution in [0.4, 0.5) is 0 Å². The zero-order chi connectivity index (χ0) is 18.0. The van der Waals surface area contributed by atoms with Gasteiger partial charge in [-0.1, -0.05) is 84.0 Å². The Balaban J connectivity index is 3.49. The zero-order valence-corrected chi connectivity index (χ0v) is 15.9. The molecule has 0 aliphatic heterocycles. The summed E-state index contributed by atoms with van der Waals surface area (Å²) in [6.45, 7) is 4.65. The number of carbonyl (C=O) groups excluding carboxylic acids is 1. The van der Waals surface area contributed by atoms with Gasteiger partial charge in [0.05, 0.1) is 5.92 Å². The molecule has 2 N–H and O–H groups in total. The zero-order valence-electron chi connectivity index (χ0n) is 15.9. The molecule has 0 saturated carbocycles. The lowest BCUT2D eigenvalue weighted by Gasteiger charge is -2.11. The van der Waals surface area contributed by atoms with E-state index in [0.717, 1.165) is 12.8 Å². The lowest BCUT2D eigenvalue weighted by atomic mass is 9.96. The SMILES string of the molecule is CCCCCCCCCCCCCCC(CC(=O)NCC)C(=O)O. The first-order chi connectivity index (χ1) is 11.6. The van der Waals surface area contributed by atoms with Crippen LogP contribution >= 0.6 is 0 Å². The maximum absolute atomic E-state index is 11.5. The number of nitrogens with one attached hydrogen (secondary N) is 1. The number of hydrogen-bond acceptors (Lipinski definition) is 2. The molecule has 0 radical (unpaired) electrons. The Morgan fingerprint density at radius 3 is 1.67 bits per heavy atom. The predicted octanol–water partition coefficient (Wildman–Crippen LogP) is 5.30. The fourth-order valence-electron chi connectivity index (χ4n) is 3.04.